The van der Waals surface area contributed by atoms with Gasteiger partial charge >= 0.3 is 0 Å². The van der Waals surface area contributed by atoms with E-state index in [1.807, 2.05) is 12.1 Å². The minimum absolute atomic E-state index is 0.297. The Labute approximate surface area is 113 Å². The van der Waals surface area contributed by atoms with E-state index in [2.05, 4.69) is 42.6 Å². The van der Waals surface area contributed by atoms with Crippen LogP contribution in [0, 0.1) is 6.92 Å². The molecule has 2 aromatic rings. The molecular formula is C16H16ClN. The van der Waals surface area contributed by atoms with Crippen molar-refractivity contribution in [3.8, 4) is 0 Å². The predicted octanol–water partition coefficient (Wildman–Crippen LogP) is 3.88. The van der Waals surface area contributed by atoms with E-state index in [1.54, 1.807) is 0 Å². The number of aryl methyl sites for hydroxylation is 1. The zero-order chi connectivity index (χ0) is 12.5. The highest BCUT2D eigenvalue weighted by Gasteiger charge is 2.20. The van der Waals surface area contributed by atoms with Gasteiger partial charge in [-0.15, -0.1) is 0 Å². The highest BCUT2D eigenvalue weighted by Crippen LogP contribution is 2.30. The van der Waals surface area contributed by atoms with Crippen molar-refractivity contribution in [3.63, 3.8) is 0 Å². The highest BCUT2D eigenvalue weighted by atomic mass is 35.5. The van der Waals surface area contributed by atoms with E-state index in [-0.39, 0.29) is 0 Å². The van der Waals surface area contributed by atoms with Crippen LogP contribution in [0.15, 0.2) is 42.5 Å². The first-order chi connectivity index (χ1) is 8.74. The molecule has 1 aliphatic heterocycles. The van der Waals surface area contributed by atoms with E-state index >= 15 is 0 Å². The predicted molar refractivity (Wildman–Crippen MR) is 76.2 cm³/mol. The number of fused-ring (bicyclic) bond motifs is 1. The molecule has 0 saturated heterocycles. The quantitative estimate of drug-likeness (QED) is 0.818. The Morgan fingerprint density at radius 2 is 1.89 bits per heavy atom. The maximum Gasteiger partial charge on any atom is 0.0579 e. The van der Waals surface area contributed by atoms with Gasteiger partial charge in [0.1, 0.15) is 0 Å². The van der Waals surface area contributed by atoms with Crippen LogP contribution in [-0.4, -0.2) is 6.54 Å². The molecule has 18 heavy (non-hydrogen) atoms. The molecule has 0 aromatic heterocycles. The van der Waals surface area contributed by atoms with Crippen LogP contribution >= 0.6 is 11.6 Å². The van der Waals surface area contributed by atoms with E-state index < -0.39 is 0 Å². The first kappa shape index (κ1) is 11.8. The van der Waals surface area contributed by atoms with Gasteiger partial charge in [0, 0.05) is 11.6 Å². The van der Waals surface area contributed by atoms with Gasteiger partial charge in [0.25, 0.3) is 0 Å². The summed E-state index contributed by atoms with van der Waals surface area (Å²) in [5, 5.41) is 4.39. The van der Waals surface area contributed by atoms with Crippen molar-refractivity contribution in [2.24, 2.45) is 0 Å². The molecule has 0 spiro atoms. The van der Waals surface area contributed by atoms with E-state index in [4.69, 9.17) is 11.6 Å². The molecule has 3 rings (SSSR count). The Hall–Kier alpha value is -1.31. The van der Waals surface area contributed by atoms with Gasteiger partial charge in [0.2, 0.25) is 0 Å². The van der Waals surface area contributed by atoms with Crippen LogP contribution in [0.25, 0.3) is 0 Å². The summed E-state index contributed by atoms with van der Waals surface area (Å²) in [5.74, 6) is 0. The first-order valence-corrected chi connectivity index (χ1v) is 6.70. The fourth-order valence-electron chi connectivity index (χ4n) is 2.62. The SMILES string of the molecule is Cc1ccc2c(c1)[C@@H](c1ccc(Cl)cc1)NCC2. The van der Waals surface area contributed by atoms with Crippen LogP contribution in [0.2, 0.25) is 5.02 Å². The molecule has 0 bridgehead atoms. The van der Waals surface area contributed by atoms with Crippen molar-refractivity contribution < 1.29 is 0 Å². The lowest BCUT2D eigenvalue weighted by Crippen LogP contribution is -2.30. The molecule has 1 N–H and O–H groups in total. The van der Waals surface area contributed by atoms with Crippen LogP contribution in [-0.2, 0) is 6.42 Å². The molecule has 0 amide bonds. The average molecular weight is 258 g/mol. The summed E-state index contributed by atoms with van der Waals surface area (Å²) in [6.45, 7) is 3.18. The molecule has 92 valence electrons. The molecule has 1 atom stereocenters. The van der Waals surface area contributed by atoms with Gasteiger partial charge in [-0.3, -0.25) is 0 Å². The molecular weight excluding hydrogens is 242 g/mol. The zero-order valence-corrected chi connectivity index (χ0v) is 11.2. The third-order valence-corrected chi connectivity index (χ3v) is 3.81. The van der Waals surface area contributed by atoms with E-state index in [1.165, 1.54) is 22.3 Å². The highest BCUT2D eigenvalue weighted by molar-refractivity contribution is 6.30. The maximum absolute atomic E-state index is 5.96. The number of hydrogen-bond acceptors (Lipinski definition) is 1. The summed E-state index contributed by atoms with van der Waals surface area (Å²) in [7, 11) is 0. The minimum Gasteiger partial charge on any atom is -0.306 e. The van der Waals surface area contributed by atoms with Crippen LogP contribution in [0.1, 0.15) is 28.3 Å². The van der Waals surface area contributed by atoms with Gasteiger partial charge in [-0.1, -0.05) is 47.5 Å². The molecule has 1 aliphatic rings. The lowest BCUT2D eigenvalue weighted by molar-refractivity contribution is 0.567. The number of halogens is 1. The van der Waals surface area contributed by atoms with Gasteiger partial charge in [0.15, 0.2) is 0 Å². The largest absolute Gasteiger partial charge is 0.306 e. The molecule has 2 heteroatoms. The summed E-state index contributed by atoms with van der Waals surface area (Å²) in [6, 6.07) is 15.2. The molecule has 0 radical (unpaired) electrons. The third kappa shape index (κ3) is 2.16. The lowest BCUT2D eigenvalue weighted by atomic mass is 9.89. The number of rotatable bonds is 1. The van der Waals surface area contributed by atoms with Crippen LogP contribution in [0.4, 0.5) is 0 Å². The van der Waals surface area contributed by atoms with E-state index in [9.17, 15) is 0 Å². The Morgan fingerprint density at radius 3 is 2.67 bits per heavy atom. The topological polar surface area (TPSA) is 12.0 Å². The lowest BCUT2D eigenvalue weighted by Gasteiger charge is -2.27. The molecule has 0 aliphatic carbocycles. The van der Waals surface area contributed by atoms with Crippen molar-refractivity contribution in [2.75, 3.05) is 6.54 Å². The summed E-state index contributed by atoms with van der Waals surface area (Å²) in [5.41, 5.74) is 5.46. The second-order valence-corrected chi connectivity index (χ2v) is 5.33. The number of benzene rings is 2. The maximum atomic E-state index is 5.96. The Balaban J connectivity index is 2.05. The van der Waals surface area contributed by atoms with Crippen molar-refractivity contribution in [2.45, 2.75) is 19.4 Å². The first-order valence-electron chi connectivity index (χ1n) is 6.32. The summed E-state index contributed by atoms with van der Waals surface area (Å²) < 4.78 is 0. The molecule has 1 heterocycles. The minimum atomic E-state index is 0.297. The van der Waals surface area contributed by atoms with Crippen molar-refractivity contribution in [1.82, 2.24) is 5.32 Å². The fourth-order valence-corrected chi connectivity index (χ4v) is 2.75. The Morgan fingerprint density at radius 1 is 1.11 bits per heavy atom. The van der Waals surface area contributed by atoms with Gasteiger partial charge in [0.05, 0.1) is 6.04 Å². The van der Waals surface area contributed by atoms with Gasteiger partial charge < -0.3 is 5.32 Å². The van der Waals surface area contributed by atoms with Gasteiger partial charge in [-0.05, 0) is 42.2 Å². The van der Waals surface area contributed by atoms with Crippen molar-refractivity contribution >= 4 is 11.6 Å². The normalized spacial score (nSPS) is 18.4. The molecule has 2 aromatic carbocycles. The Kier molecular flexibility index (Phi) is 3.11. The van der Waals surface area contributed by atoms with E-state index in [0.717, 1.165) is 18.0 Å². The third-order valence-electron chi connectivity index (χ3n) is 3.56. The smallest absolute Gasteiger partial charge is 0.0579 e. The van der Waals surface area contributed by atoms with E-state index in [0.29, 0.717) is 6.04 Å². The average Bonchev–Trinajstić information content (AvgIpc) is 2.39. The van der Waals surface area contributed by atoms with Crippen molar-refractivity contribution in [3.05, 3.63) is 69.7 Å². The van der Waals surface area contributed by atoms with Gasteiger partial charge in [-0.25, -0.2) is 0 Å². The van der Waals surface area contributed by atoms with Crippen LogP contribution in [0.5, 0.6) is 0 Å². The zero-order valence-electron chi connectivity index (χ0n) is 10.4. The number of hydrogen-bond donors (Lipinski definition) is 1. The molecule has 0 unspecified atom stereocenters. The molecule has 0 fully saturated rings. The standard InChI is InChI=1S/C16H16ClN/c1-11-2-3-12-8-9-18-16(15(12)10-11)13-4-6-14(17)7-5-13/h2-7,10,16,18H,8-9H2,1H3/t16-/m1/s1. The summed E-state index contributed by atoms with van der Waals surface area (Å²) in [4.78, 5) is 0. The summed E-state index contributed by atoms with van der Waals surface area (Å²) >= 11 is 5.96. The Bertz CT molecular complexity index is 560. The molecule has 1 nitrogen and oxygen atoms in total. The van der Waals surface area contributed by atoms with Crippen LogP contribution < -0.4 is 5.32 Å². The van der Waals surface area contributed by atoms with Crippen LogP contribution in [0.3, 0.4) is 0 Å². The number of nitrogens with one attached hydrogen (secondary N) is 1. The monoisotopic (exact) mass is 257 g/mol. The molecule has 0 saturated carbocycles. The van der Waals surface area contributed by atoms with Crippen molar-refractivity contribution in [1.29, 1.82) is 0 Å². The second-order valence-electron chi connectivity index (χ2n) is 4.89. The second kappa shape index (κ2) is 4.75. The van der Waals surface area contributed by atoms with Gasteiger partial charge in [-0.2, -0.15) is 0 Å². The summed E-state index contributed by atoms with van der Waals surface area (Å²) in [6.07, 6.45) is 1.11. The fraction of sp³-hybridized carbons (Fsp3) is 0.250.